The van der Waals surface area contributed by atoms with E-state index in [0.717, 1.165) is 37.0 Å². The number of nitriles is 1. The highest BCUT2D eigenvalue weighted by Gasteiger charge is 2.54. The molecule has 0 amide bonds. The van der Waals surface area contributed by atoms with Crippen LogP contribution in [-0.4, -0.2) is 12.1 Å². The Bertz CT molecular complexity index is 670. The fraction of sp³-hybridized carbons (Fsp3) is 0.727. The summed E-state index contributed by atoms with van der Waals surface area (Å²) in [5, 5.41) is 9.13. The molecule has 0 saturated heterocycles. The molecule has 4 rings (SSSR count). The van der Waals surface area contributed by atoms with Crippen molar-refractivity contribution in [2.75, 3.05) is 0 Å². The number of nitrogens with zero attached hydrogens (tertiary/aromatic N) is 1. The average Bonchev–Trinajstić information content (AvgIpc) is 2.91. The molecular formula is C22H29NO2. The van der Waals surface area contributed by atoms with E-state index < -0.39 is 0 Å². The van der Waals surface area contributed by atoms with Gasteiger partial charge in [-0.2, -0.15) is 5.26 Å². The molecule has 0 N–H and O–H groups in total. The van der Waals surface area contributed by atoms with Crippen LogP contribution in [0.25, 0.3) is 0 Å². The maximum atomic E-state index is 11.3. The highest BCUT2D eigenvalue weighted by atomic mass is 16.5. The third kappa shape index (κ3) is 2.75. The summed E-state index contributed by atoms with van der Waals surface area (Å²) in [6.45, 7) is 3.94. The highest BCUT2D eigenvalue weighted by molar-refractivity contribution is 5.66. The van der Waals surface area contributed by atoms with Gasteiger partial charge in [0, 0.05) is 19.4 Å². The molecule has 4 aliphatic rings. The van der Waals surface area contributed by atoms with Crippen molar-refractivity contribution in [1.29, 1.82) is 5.26 Å². The van der Waals surface area contributed by atoms with Gasteiger partial charge in [0.25, 0.3) is 0 Å². The second kappa shape index (κ2) is 6.31. The van der Waals surface area contributed by atoms with Crippen molar-refractivity contribution in [3.63, 3.8) is 0 Å². The van der Waals surface area contributed by atoms with E-state index >= 15 is 0 Å². The number of esters is 1. The Balaban J connectivity index is 1.54. The van der Waals surface area contributed by atoms with Crippen LogP contribution in [0.15, 0.2) is 23.3 Å². The summed E-state index contributed by atoms with van der Waals surface area (Å²) in [5.41, 5.74) is 3.23. The van der Waals surface area contributed by atoms with Gasteiger partial charge in [0.15, 0.2) is 0 Å². The van der Waals surface area contributed by atoms with Crippen molar-refractivity contribution < 1.29 is 9.53 Å². The van der Waals surface area contributed by atoms with Gasteiger partial charge in [-0.25, -0.2) is 0 Å². The smallest absolute Gasteiger partial charge is 0.302 e. The Hall–Kier alpha value is -1.56. The zero-order valence-electron chi connectivity index (χ0n) is 15.5. The lowest BCUT2D eigenvalue weighted by molar-refractivity contribution is -0.147. The maximum Gasteiger partial charge on any atom is 0.302 e. The van der Waals surface area contributed by atoms with Crippen molar-refractivity contribution in [3.8, 4) is 6.07 Å². The third-order valence-electron chi connectivity index (χ3n) is 7.82. The molecule has 4 aliphatic carbocycles. The predicted molar refractivity (Wildman–Crippen MR) is 96.3 cm³/mol. The molecule has 0 heterocycles. The first-order valence-electron chi connectivity index (χ1n) is 9.98. The minimum atomic E-state index is -0.145. The molecule has 134 valence electrons. The van der Waals surface area contributed by atoms with Crippen molar-refractivity contribution in [2.45, 2.75) is 71.3 Å². The van der Waals surface area contributed by atoms with Crippen LogP contribution in [0.4, 0.5) is 0 Å². The van der Waals surface area contributed by atoms with Crippen LogP contribution >= 0.6 is 0 Å². The molecule has 3 fully saturated rings. The van der Waals surface area contributed by atoms with Crippen molar-refractivity contribution in [3.05, 3.63) is 23.3 Å². The molecule has 0 unspecified atom stereocenters. The Morgan fingerprint density at radius 2 is 2.16 bits per heavy atom. The number of hydrogen-bond donors (Lipinski definition) is 0. The van der Waals surface area contributed by atoms with Crippen molar-refractivity contribution in [2.24, 2.45) is 29.1 Å². The van der Waals surface area contributed by atoms with Crippen LogP contribution in [0.5, 0.6) is 0 Å². The molecule has 6 atom stereocenters. The van der Waals surface area contributed by atoms with E-state index in [-0.39, 0.29) is 17.5 Å². The molecule has 0 radical (unpaired) electrons. The molecule has 0 aliphatic heterocycles. The molecule has 3 nitrogen and oxygen atoms in total. The fourth-order valence-electron chi connectivity index (χ4n) is 6.73. The number of hydrogen-bond acceptors (Lipinski definition) is 3. The molecule has 0 aromatic carbocycles. The second-order valence-corrected chi connectivity index (χ2v) is 8.86. The van der Waals surface area contributed by atoms with Gasteiger partial charge in [-0.15, -0.1) is 0 Å². The van der Waals surface area contributed by atoms with Crippen molar-refractivity contribution >= 4 is 5.97 Å². The lowest BCUT2D eigenvalue weighted by Crippen LogP contribution is -2.45. The summed E-state index contributed by atoms with van der Waals surface area (Å²) in [7, 11) is 0. The first-order valence-corrected chi connectivity index (χ1v) is 9.98. The number of rotatable bonds is 1. The van der Waals surface area contributed by atoms with Crippen LogP contribution in [0.2, 0.25) is 0 Å². The molecule has 3 saturated carbocycles. The second-order valence-electron chi connectivity index (χ2n) is 8.86. The number of ether oxygens (including phenoxy) is 1. The lowest BCUT2D eigenvalue weighted by Gasteiger charge is -2.52. The van der Waals surface area contributed by atoms with E-state index in [9.17, 15) is 4.79 Å². The van der Waals surface area contributed by atoms with Gasteiger partial charge in [-0.3, -0.25) is 4.79 Å². The van der Waals surface area contributed by atoms with E-state index in [0.29, 0.717) is 5.92 Å². The minimum Gasteiger partial charge on any atom is -0.462 e. The standard InChI is InChI=1S/C22H29NO2/c1-14(24)25-17-5-7-18-15(13-17)3-6-20-19(18)9-11-22(2)16(10-12-23)4-8-21(20)22/h3,10,17-21H,4-9,11,13H2,1-2H3/b16-10+/t17-,18-,19+,20+,21-,22+/m0/s1. The number of fused-ring (bicyclic) bond motifs is 5. The first kappa shape index (κ1) is 16.9. The van der Waals surface area contributed by atoms with Gasteiger partial charge < -0.3 is 4.74 Å². The molecule has 3 heteroatoms. The van der Waals surface area contributed by atoms with Gasteiger partial charge in [0.1, 0.15) is 6.10 Å². The fourth-order valence-corrected chi connectivity index (χ4v) is 6.73. The summed E-state index contributed by atoms with van der Waals surface area (Å²) >= 11 is 0. The van der Waals surface area contributed by atoms with E-state index in [1.165, 1.54) is 44.6 Å². The zero-order valence-corrected chi connectivity index (χ0v) is 15.5. The summed E-state index contributed by atoms with van der Waals surface area (Å²) < 4.78 is 5.48. The van der Waals surface area contributed by atoms with Crippen LogP contribution in [0, 0.1) is 40.4 Å². The van der Waals surface area contributed by atoms with Crippen LogP contribution in [0.1, 0.15) is 65.2 Å². The Morgan fingerprint density at radius 3 is 2.92 bits per heavy atom. The van der Waals surface area contributed by atoms with Gasteiger partial charge in [0.2, 0.25) is 0 Å². The number of allylic oxidation sites excluding steroid dienone is 3. The maximum absolute atomic E-state index is 11.3. The lowest BCUT2D eigenvalue weighted by atomic mass is 9.52. The largest absolute Gasteiger partial charge is 0.462 e. The molecule has 0 aromatic rings. The van der Waals surface area contributed by atoms with E-state index in [2.05, 4.69) is 19.1 Å². The summed E-state index contributed by atoms with van der Waals surface area (Å²) in [6.07, 6.45) is 13.7. The molecule has 25 heavy (non-hydrogen) atoms. The van der Waals surface area contributed by atoms with Gasteiger partial charge in [-0.1, -0.05) is 24.1 Å². The minimum absolute atomic E-state index is 0.0991. The number of carbonyl (C=O) groups excluding carboxylic acids is 1. The first-order chi connectivity index (χ1) is 12.0. The molecule has 0 bridgehead atoms. The van der Waals surface area contributed by atoms with E-state index in [1.807, 2.05) is 6.08 Å². The summed E-state index contributed by atoms with van der Waals surface area (Å²) in [6, 6.07) is 2.29. The third-order valence-corrected chi connectivity index (χ3v) is 7.82. The van der Waals surface area contributed by atoms with Crippen molar-refractivity contribution in [1.82, 2.24) is 0 Å². The average molecular weight is 339 g/mol. The Morgan fingerprint density at radius 1 is 1.32 bits per heavy atom. The quantitative estimate of drug-likeness (QED) is 0.386. The zero-order chi connectivity index (χ0) is 17.6. The number of carbonyl (C=O) groups is 1. The van der Waals surface area contributed by atoms with Crippen LogP contribution in [-0.2, 0) is 9.53 Å². The van der Waals surface area contributed by atoms with Crippen LogP contribution < -0.4 is 0 Å². The Labute approximate surface area is 151 Å². The molecular weight excluding hydrogens is 310 g/mol. The molecule has 0 spiro atoms. The molecule has 0 aromatic heterocycles. The van der Waals surface area contributed by atoms with Gasteiger partial charge in [-0.05, 0) is 74.0 Å². The predicted octanol–water partition coefficient (Wildman–Crippen LogP) is 4.94. The van der Waals surface area contributed by atoms with E-state index in [4.69, 9.17) is 10.00 Å². The van der Waals surface area contributed by atoms with Gasteiger partial charge in [0.05, 0.1) is 6.07 Å². The Kier molecular flexibility index (Phi) is 4.26. The van der Waals surface area contributed by atoms with E-state index in [1.54, 1.807) is 5.57 Å². The summed E-state index contributed by atoms with van der Waals surface area (Å²) in [5.74, 6) is 2.89. The normalized spacial score (nSPS) is 44.1. The summed E-state index contributed by atoms with van der Waals surface area (Å²) in [4.78, 5) is 11.3. The SMILES string of the molecule is CC(=O)O[C@H]1CC[C@H]2C(=CC[C@@H]3[C@@H]2CC[C@]2(C)/C(=C/C#N)CC[C@@H]32)C1. The highest BCUT2D eigenvalue weighted by Crippen LogP contribution is 2.63. The monoisotopic (exact) mass is 339 g/mol. The topological polar surface area (TPSA) is 50.1 Å². The van der Waals surface area contributed by atoms with Crippen LogP contribution in [0.3, 0.4) is 0 Å². The van der Waals surface area contributed by atoms with Gasteiger partial charge >= 0.3 is 5.97 Å².